The second-order valence-corrected chi connectivity index (χ2v) is 5.50. The molecule has 0 aromatic rings. The van der Waals surface area contributed by atoms with Gasteiger partial charge in [0, 0.05) is 12.6 Å². The van der Waals surface area contributed by atoms with E-state index in [9.17, 15) is 9.59 Å². The summed E-state index contributed by atoms with van der Waals surface area (Å²) >= 11 is 0. The number of allylic oxidation sites excluding steroid dienone is 1. The van der Waals surface area contributed by atoms with Crippen LogP contribution in [0.25, 0.3) is 0 Å². The van der Waals surface area contributed by atoms with Crippen molar-refractivity contribution in [1.82, 2.24) is 10.6 Å². The van der Waals surface area contributed by atoms with Crippen LogP contribution >= 0.6 is 0 Å². The van der Waals surface area contributed by atoms with Crippen LogP contribution in [-0.2, 0) is 4.79 Å². The maximum absolute atomic E-state index is 11.7. The van der Waals surface area contributed by atoms with Crippen molar-refractivity contribution in [2.45, 2.75) is 45.6 Å². The van der Waals surface area contributed by atoms with Gasteiger partial charge < -0.3 is 15.7 Å². The van der Waals surface area contributed by atoms with Crippen LogP contribution in [0.3, 0.4) is 0 Å². The van der Waals surface area contributed by atoms with Crippen molar-refractivity contribution in [3.05, 3.63) is 12.2 Å². The highest BCUT2D eigenvalue weighted by atomic mass is 16.4. The van der Waals surface area contributed by atoms with Crippen LogP contribution in [0.5, 0.6) is 0 Å². The monoisotopic (exact) mass is 268 g/mol. The van der Waals surface area contributed by atoms with Crippen LogP contribution in [-0.4, -0.2) is 29.7 Å². The topological polar surface area (TPSA) is 78.4 Å². The number of aliphatic carboxylic acids is 1. The Balaban J connectivity index is 2.30. The summed E-state index contributed by atoms with van der Waals surface area (Å²) in [7, 11) is 0. The highest BCUT2D eigenvalue weighted by Crippen LogP contribution is 2.12. The maximum Gasteiger partial charge on any atom is 0.315 e. The number of amides is 2. The van der Waals surface area contributed by atoms with Crippen molar-refractivity contribution >= 4 is 12.0 Å². The molecule has 0 bridgehead atoms. The van der Waals surface area contributed by atoms with E-state index in [1.807, 2.05) is 13.8 Å². The van der Waals surface area contributed by atoms with E-state index in [0.29, 0.717) is 12.3 Å². The molecule has 2 unspecified atom stereocenters. The first-order chi connectivity index (χ1) is 8.99. The van der Waals surface area contributed by atoms with E-state index in [1.54, 1.807) is 0 Å². The maximum atomic E-state index is 11.7. The number of hydrogen-bond acceptors (Lipinski definition) is 2. The molecule has 3 N–H and O–H groups in total. The van der Waals surface area contributed by atoms with E-state index in [4.69, 9.17) is 5.11 Å². The first-order valence-corrected chi connectivity index (χ1v) is 6.91. The Morgan fingerprint density at radius 1 is 1.37 bits per heavy atom. The first-order valence-electron chi connectivity index (χ1n) is 6.91. The molecule has 0 spiro atoms. The normalized spacial score (nSPS) is 20.1. The lowest BCUT2D eigenvalue weighted by Crippen LogP contribution is -2.44. The molecule has 108 valence electrons. The van der Waals surface area contributed by atoms with Gasteiger partial charge in [0.25, 0.3) is 0 Å². The molecule has 0 radical (unpaired) electrons. The number of carbonyl (C=O) groups excluding carboxylic acids is 1. The second-order valence-electron chi connectivity index (χ2n) is 5.50. The average Bonchev–Trinajstić information content (AvgIpc) is 2.35. The molecule has 2 atom stereocenters. The van der Waals surface area contributed by atoms with Crippen LogP contribution in [0.2, 0.25) is 0 Å². The third-order valence-electron chi connectivity index (χ3n) is 3.22. The number of nitrogens with one attached hydrogen (secondary N) is 2. The van der Waals surface area contributed by atoms with Gasteiger partial charge in [0.1, 0.15) is 0 Å². The number of rotatable bonds is 6. The smallest absolute Gasteiger partial charge is 0.315 e. The minimum atomic E-state index is -0.852. The lowest BCUT2D eigenvalue weighted by molar-refractivity contribution is -0.142. The third kappa shape index (κ3) is 6.27. The van der Waals surface area contributed by atoms with Gasteiger partial charge in [-0.2, -0.15) is 0 Å². The zero-order valence-corrected chi connectivity index (χ0v) is 11.7. The highest BCUT2D eigenvalue weighted by molar-refractivity contribution is 5.76. The van der Waals surface area contributed by atoms with Crippen molar-refractivity contribution in [3.8, 4) is 0 Å². The van der Waals surface area contributed by atoms with E-state index in [2.05, 4.69) is 22.8 Å². The lowest BCUT2D eigenvalue weighted by Gasteiger charge is -2.21. The Morgan fingerprint density at radius 3 is 2.63 bits per heavy atom. The fraction of sp³-hybridized carbons (Fsp3) is 0.714. The SMILES string of the molecule is CC(C)CC(CNC(=O)NC1CC=CCC1)C(=O)O. The van der Waals surface area contributed by atoms with Crippen molar-refractivity contribution in [1.29, 1.82) is 0 Å². The Morgan fingerprint density at radius 2 is 2.11 bits per heavy atom. The van der Waals surface area contributed by atoms with Gasteiger partial charge in [0.05, 0.1) is 5.92 Å². The Labute approximate surface area is 114 Å². The first kappa shape index (κ1) is 15.5. The van der Waals surface area contributed by atoms with E-state index >= 15 is 0 Å². The quantitative estimate of drug-likeness (QED) is 0.646. The summed E-state index contributed by atoms with van der Waals surface area (Å²) in [6, 6.07) is -0.103. The summed E-state index contributed by atoms with van der Waals surface area (Å²) in [4.78, 5) is 22.7. The molecule has 0 aliphatic heterocycles. The third-order valence-corrected chi connectivity index (χ3v) is 3.22. The molecule has 1 aliphatic carbocycles. The standard InChI is InChI=1S/C14H24N2O3/c1-10(2)8-11(13(17)18)9-15-14(19)16-12-6-4-3-5-7-12/h3-4,10-12H,5-9H2,1-2H3,(H,17,18)(H2,15,16,19). The summed E-state index contributed by atoms with van der Waals surface area (Å²) in [6.07, 6.45) is 7.52. The van der Waals surface area contributed by atoms with Crippen LogP contribution in [0.1, 0.15) is 39.5 Å². The van der Waals surface area contributed by atoms with E-state index in [1.165, 1.54) is 0 Å². The molecular weight excluding hydrogens is 244 g/mol. The number of urea groups is 1. The second kappa shape index (κ2) is 7.81. The van der Waals surface area contributed by atoms with E-state index in [0.717, 1.165) is 19.3 Å². The molecule has 0 aromatic carbocycles. The molecule has 1 rings (SSSR count). The predicted molar refractivity (Wildman–Crippen MR) is 73.9 cm³/mol. The van der Waals surface area contributed by atoms with Gasteiger partial charge in [-0.05, 0) is 31.6 Å². The Kier molecular flexibility index (Phi) is 6.39. The Hall–Kier alpha value is -1.52. The summed E-state index contributed by atoms with van der Waals surface area (Å²) in [5, 5.41) is 14.6. The molecule has 1 aliphatic rings. The molecule has 0 aromatic heterocycles. The molecule has 0 saturated carbocycles. The van der Waals surface area contributed by atoms with Crippen LogP contribution in [0, 0.1) is 11.8 Å². The molecule has 2 amide bonds. The van der Waals surface area contributed by atoms with E-state index in [-0.39, 0.29) is 18.6 Å². The van der Waals surface area contributed by atoms with Crippen molar-refractivity contribution < 1.29 is 14.7 Å². The van der Waals surface area contributed by atoms with Crippen molar-refractivity contribution in [3.63, 3.8) is 0 Å². The molecule has 5 nitrogen and oxygen atoms in total. The summed E-state index contributed by atoms with van der Waals surface area (Å²) in [6.45, 7) is 4.14. The van der Waals surface area contributed by atoms with Gasteiger partial charge in [-0.1, -0.05) is 26.0 Å². The van der Waals surface area contributed by atoms with Crippen molar-refractivity contribution in [2.75, 3.05) is 6.54 Å². The molecule has 0 fully saturated rings. The van der Waals surface area contributed by atoms with Crippen LogP contribution < -0.4 is 10.6 Å². The van der Waals surface area contributed by atoms with Crippen LogP contribution in [0.15, 0.2) is 12.2 Å². The lowest BCUT2D eigenvalue weighted by atomic mass is 9.97. The van der Waals surface area contributed by atoms with E-state index < -0.39 is 11.9 Å². The number of carbonyl (C=O) groups is 2. The summed E-state index contributed by atoms with van der Waals surface area (Å²) < 4.78 is 0. The molecule has 19 heavy (non-hydrogen) atoms. The van der Waals surface area contributed by atoms with Gasteiger partial charge in [0.2, 0.25) is 0 Å². The molecule has 0 saturated heterocycles. The zero-order chi connectivity index (χ0) is 14.3. The Bertz CT molecular complexity index is 340. The average molecular weight is 268 g/mol. The minimum Gasteiger partial charge on any atom is -0.481 e. The molecular formula is C14H24N2O3. The van der Waals surface area contributed by atoms with Gasteiger partial charge in [-0.15, -0.1) is 0 Å². The van der Waals surface area contributed by atoms with Gasteiger partial charge in [-0.25, -0.2) is 4.79 Å². The van der Waals surface area contributed by atoms with Gasteiger partial charge in [-0.3, -0.25) is 4.79 Å². The summed E-state index contributed by atoms with van der Waals surface area (Å²) in [5.74, 6) is -1.07. The number of hydrogen-bond donors (Lipinski definition) is 3. The summed E-state index contributed by atoms with van der Waals surface area (Å²) in [5.41, 5.74) is 0. The number of carboxylic acid groups (broad SMARTS) is 1. The molecule has 5 heteroatoms. The minimum absolute atomic E-state index is 0.165. The largest absolute Gasteiger partial charge is 0.481 e. The predicted octanol–water partition coefficient (Wildman–Crippen LogP) is 2.14. The van der Waals surface area contributed by atoms with Gasteiger partial charge in [0.15, 0.2) is 0 Å². The fourth-order valence-corrected chi connectivity index (χ4v) is 2.22. The highest BCUT2D eigenvalue weighted by Gasteiger charge is 2.20. The van der Waals surface area contributed by atoms with Gasteiger partial charge >= 0.3 is 12.0 Å². The van der Waals surface area contributed by atoms with Crippen LogP contribution in [0.4, 0.5) is 4.79 Å². The zero-order valence-electron chi connectivity index (χ0n) is 11.7. The fourth-order valence-electron chi connectivity index (χ4n) is 2.22. The number of carboxylic acids is 1. The van der Waals surface area contributed by atoms with Crippen molar-refractivity contribution in [2.24, 2.45) is 11.8 Å². The molecule has 0 heterocycles.